The highest BCUT2D eigenvalue weighted by atomic mass is 35.5. The molecule has 1 atom stereocenters. The van der Waals surface area contributed by atoms with Crippen molar-refractivity contribution in [1.82, 2.24) is 4.90 Å². The van der Waals surface area contributed by atoms with Gasteiger partial charge in [0.2, 0.25) is 11.8 Å². The third kappa shape index (κ3) is 2.00. The highest BCUT2D eigenvalue weighted by molar-refractivity contribution is 6.02. The molecule has 13 heavy (non-hydrogen) atoms. The minimum Gasteiger partial charge on any atom is -0.317 e. The number of hydrogen-bond donors (Lipinski definition) is 1. The number of amides is 2. The predicted octanol–water partition coefficient (Wildman–Crippen LogP) is 0.295. The van der Waals surface area contributed by atoms with Crippen LogP contribution in [0.5, 0.6) is 0 Å². The molecule has 0 saturated carbocycles. The fourth-order valence-electron chi connectivity index (χ4n) is 1.38. The molecule has 0 aromatic carbocycles. The van der Waals surface area contributed by atoms with Crippen molar-refractivity contribution < 1.29 is 9.59 Å². The zero-order valence-electron chi connectivity index (χ0n) is 7.87. The molecule has 0 radical (unpaired) electrons. The molecule has 2 N–H and O–H groups in total. The van der Waals surface area contributed by atoms with Crippen molar-refractivity contribution in [3.05, 3.63) is 0 Å². The van der Waals surface area contributed by atoms with Crippen molar-refractivity contribution in [3.8, 4) is 0 Å². The lowest BCUT2D eigenvalue weighted by molar-refractivity contribution is -0.151. The number of hydrogen-bond acceptors (Lipinski definition) is 3. The van der Waals surface area contributed by atoms with Crippen LogP contribution in [0.15, 0.2) is 0 Å². The van der Waals surface area contributed by atoms with Crippen LogP contribution in [0, 0.1) is 0 Å². The molecule has 1 fully saturated rings. The number of nitrogens with zero attached hydrogens (tertiary/aromatic N) is 1. The molecule has 76 valence electrons. The average Bonchev–Trinajstić information content (AvgIpc) is 2.09. The van der Waals surface area contributed by atoms with Gasteiger partial charge in [-0.05, 0) is 12.8 Å². The Hall–Kier alpha value is -0.610. The van der Waals surface area contributed by atoms with Gasteiger partial charge in [0.25, 0.3) is 0 Å². The normalized spacial score (nSPS) is 28.7. The van der Waals surface area contributed by atoms with Gasteiger partial charge < -0.3 is 5.73 Å². The maximum atomic E-state index is 11.5. The summed E-state index contributed by atoms with van der Waals surface area (Å²) in [6, 6.07) is 0. The first kappa shape index (κ1) is 12.4. The summed E-state index contributed by atoms with van der Waals surface area (Å²) >= 11 is 0. The van der Waals surface area contributed by atoms with Crippen LogP contribution < -0.4 is 5.73 Å². The smallest absolute Gasteiger partial charge is 0.248 e. The average molecular weight is 207 g/mol. The van der Waals surface area contributed by atoms with Crippen molar-refractivity contribution in [1.29, 1.82) is 0 Å². The van der Waals surface area contributed by atoms with Crippen LogP contribution in [0.25, 0.3) is 0 Å². The molecule has 0 aliphatic carbocycles. The molecule has 0 aromatic rings. The monoisotopic (exact) mass is 206 g/mol. The number of likely N-dealkylation sites (tertiary alicyclic amines) is 1. The summed E-state index contributed by atoms with van der Waals surface area (Å²) in [6.45, 7) is 1.86. The maximum absolute atomic E-state index is 11.5. The van der Waals surface area contributed by atoms with E-state index in [4.69, 9.17) is 5.73 Å². The number of imide groups is 1. The van der Waals surface area contributed by atoms with E-state index in [0.29, 0.717) is 19.3 Å². The van der Waals surface area contributed by atoms with Crippen LogP contribution in [0.2, 0.25) is 0 Å². The Morgan fingerprint density at radius 2 is 2.08 bits per heavy atom. The Kier molecular flexibility index (Phi) is 3.88. The second kappa shape index (κ2) is 4.07. The third-order valence-corrected chi connectivity index (χ3v) is 2.52. The lowest BCUT2D eigenvalue weighted by Gasteiger charge is -2.35. The highest BCUT2D eigenvalue weighted by Gasteiger charge is 2.40. The molecule has 4 nitrogen and oxygen atoms in total. The van der Waals surface area contributed by atoms with Crippen LogP contribution >= 0.6 is 12.4 Å². The number of likely N-dealkylation sites (N-methyl/N-ethyl adjacent to an activating group) is 1. The minimum atomic E-state index is -0.803. The summed E-state index contributed by atoms with van der Waals surface area (Å²) in [4.78, 5) is 23.7. The Morgan fingerprint density at radius 3 is 2.54 bits per heavy atom. The van der Waals surface area contributed by atoms with Gasteiger partial charge in [0.15, 0.2) is 0 Å². The van der Waals surface area contributed by atoms with E-state index in [9.17, 15) is 9.59 Å². The molecule has 2 amide bonds. The summed E-state index contributed by atoms with van der Waals surface area (Å²) in [5.74, 6) is -0.379. The number of carbonyl (C=O) groups is 2. The van der Waals surface area contributed by atoms with Gasteiger partial charge in [-0.2, -0.15) is 0 Å². The molecule has 0 spiro atoms. The molecular weight excluding hydrogens is 192 g/mol. The predicted molar refractivity (Wildman–Crippen MR) is 51.5 cm³/mol. The van der Waals surface area contributed by atoms with Gasteiger partial charge in [-0.25, -0.2) is 0 Å². The van der Waals surface area contributed by atoms with Gasteiger partial charge in [-0.3, -0.25) is 14.5 Å². The molecule has 5 heteroatoms. The van der Waals surface area contributed by atoms with Gasteiger partial charge in [0, 0.05) is 13.5 Å². The fourth-order valence-corrected chi connectivity index (χ4v) is 1.38. The lowest BCUT2D eigenvalue weighted by atomic mass is 9.87. The summed E-state index contributed by atoms with van der Waals surface area (Å²) in [5.41, 5.74) is 5.01. The van der Waals surface area contributed by atoms with E-state index in [1.165, 1.54) is 7.05 Å². The molecule has 1 aliphatic rings. The fraction of sp³-hybridized carbons (Fsp3) is 0.750. The third-order valence-electron chi connectivity index (χ3n) is 2.52. The largest absolute Gasteiger partial charge is 0.317 e. The van der Waals surface area contributed by atoms with E-state index < -0.39 is 5.54 Å². The Bertz CT molecular complexity index is 232. The lowest BCUT2D eigenvalue weighted by Crippen LogP contribution is -2.59. The quantitative estimate of drug-likeness (QED) is 0.628. The molecule has 0 bridgehead atoms. The zero-order valence-corrected chi connectivity index (χ0v) is 8.69. The molecule has 0 aromatic heterocycles. The van der Waals surface area contributed by atoms with Crippen LogP contribution in [-0.4, -0.2) is 29.3 Å². The summed E-state index contributed by atoms with van der Waals surface area (Å²) in [6.07, 6.45) is 1.45. The van der Waals surface area contributed by atoms with E-state index in [2.05, 4.69) is 0 Å². The van der Waals surface area contributed by atoms with Gasteiger partial charge >= 0.3 is 0 Å². The topological polar surface area (TPSA) is 63.4 Å². The van der Waals surface area contributed by atoms with Crippen molar-refractivity contribution in [2.75, 3.05) is 7.05 Å². The maximum Gasteiger partial charge on any atom is 0.248 e. The van der Waals surface area contributed by atoms with Crippen molar-refractivity contribution in [3.63, 3.8) is 0 Å². The van der Waals surface area contributed by atoms with Crippen molar-refractivity contribution in [2.45, 2.75) is 31.7 Å². The summed E-state index contributed by atoms with van der Waals surface area (Å²) in [7, 11) is 1.49. The number of halogens is 1. The number of piperidine rings is 1. The SMILES string of the molecule is CCC1(N)CCC(=O)N(C)C1=O.Cl. The van der Waals surface area contributed by atoms with Gasteiger partial charge in [0.1, 0.15) is 0 Å². The standard InChI is InChI=1S/C8H14N2O2.ClH/c1-3-8(9)5-4-6(11)10(2)7(8)12;/h3-5,9H2,1-2H3;1H. The highest BCUT2D eigenvalue weighted by Crippen LogP contribution is 2.22. The zero-order chi connectivity index (χ0) is 9.35. The number of carbonyl (C=O) groups excluding carboxylic acids is 2. The Labute approximate surface area is 83.9 Å². The van der Waals surface area contributed by atoms with Crippen LogP contribution in [0.4, 0.5) is 0 Å². The van der Waals surface area contributed by atoms with Crippen LogP contribution in [0.3, 0.4) is 0 Å². The van der Waals surface area contributed by atoms with Gasteiger partial charge in [0.05, 0.1) is 5.54 Å². The molecule has 1 aliphatic heterocycles. The van der Waals surface area contributed by atoms with E-state index in [0.717, 1.165) is 4.90 Å². The first-order chi connectivity index (χ1) is 5.51. The van der Waals surface area contributed by atoms with E-state index in [-0.39, 0.29) is 24.2 Å². The molecule has 1 unspecified atom stereocenters. The van der Waals surface area contributed by atoms with Gasteiger partial charge in [-0.1, -0.05) is 6.92 Å². The second-order valence-corrected chi connectivity index (χ2v) is 3.27. The molecular formula is C8H15ClN2O2. The van der Waals surface area contributed by atoms with Gasteiger partial charge in [-0.15, -0.1) is 12.4 Å². The van der Waals surface area contributed by atoms with Crippen molar-refractivity contribution in [2.24, 2.45) is 5.73 Å². The van der Waals surface area contributed by atoms with E-state index in [1.54, 1.807) is 0 Å². The second-order valence-electron chi connectivity index (χ2n) is 3.27. The first-order valence-corrected chi connectivity index (χ1v) is 4.11. The van der Waals surface area contributed by atoms with Crippen LogP contribution in [0.1, 0.15) is 26.2 Å². The summed E-state index contributed by atoms with van der Waals surface area (Å²) < 4.78 is 0. The Balaban J connectivity index is 0.00000144. The summed E-state index contributed by atoms with van der Waals surface area (Å²) in [5, 5.41) is 0. The van der Waals surface area contributed by atoms with E-state index >= 15 is 0 Å². The van der Waals surface area contributed by atoms with Crippen LogP contribution in [-0.2, 0) is 9.59 Å². The minimum absolute atomic E-state index is 0. The van der Waals surface area contributed by atoms with Crippen molar-refractivity contribution >= 4 is 24.2 Å². The Morgan fingerprint density at radius 1 is 1.54 bits per heavy atom. The molecule has 1 rings (SSSR count). The number of rotatable bonds is 1. The van der Waals surface area contributed by atoms with E-state index in [1.807, 2.05) is 6.92 Å². The molecule has 1 heterocycles. The molecule has 1 saturated heterocycles. The first-order valence-electron chi connectivity index (χ1n) is 4.11. The number of nitrogens with two attached hydrogens (primary N) is 1.